The summed E-state index contributed by atoms with van der Waals surface area (Å²) in [6, 6.07) is 7.09. The molecule has 0 aliphatic rings. The molecule has 1 N–H and O–H groups in total. The van der Waals surface area contributed by atoms with Gasteiger partial charge in [-0.3, -0.25) is 9.78 Å². The van der Waals surface area contributed by atoms with Crippen molar-refractivity contribution in [3.63, 3.8) is 0 Å². The lowest BCUT2D eigenvalue weighted by Crippen LogP contribution is -2.17. The van der Waals surface area contributed by atoms with Crippen molar-refractivity contribution < 1.29 is 22.7 Å². The molecule has 0 saturated carbocycles. The predicted molar refractivity (Wildman–Crippen MR) is 99.8 cm³/mol. The molecule has 4 aromatic rings. The third-order valence-corrected chi connectivity index (χ3v) is 4.00. The lowest BCUT2D eigenvalue weighted by Gasteiger charge is -2.13. The number of nitrogens with zero attached hydrogens (tertiary/aromatic N) is 5. The highest BCUT2D eigenvalue weighted by molar-refractivity contribution is 6.07. The van der Waals surface area contributed by atoms with Crippen LogP contribution in [0.15, 0.2) is 55.1 Å². The van der Waals surface area contributed by atoms with Gasteiger partial charge in [-0.1, -0.05) is 12.1 Å². The minimum atomic E-state index is -4.85. The van der Waals surface area contributed by atoms with Crippen LogP contribution in [0.25, 0.3) is 16.9 Å². The fraction of sp³-hybridized carbons (Fsp3) is 0.105. The Hall–Kier alpha value is -4.02. The number of hydrogen-bond donors (Lipinski definition) is 1. The van der Waals surface area contributed by atoms with Crippen molar-refractivity contribution >= 4 is 17.4 Å². The van der Waals surface area contributed by atoms with Gasteiger partial charge >= 0.3 is 6.36 Å². The van der Waals surface area contributed by atoms with E-state index in [2.05, 4.69) is 30.1 Å². The molecular formula is C19H13F3N6O2. The maximum Gasteiger partial charge on any atom is 0.573 e. The predicted octanol–water partition coefficient (Wildman–Crippen LogP) is 3.65. The number of benzene rings is 1. The van der Waals surface area contributed by atoms with Crippen molar-refractivity contribution in [3.8, 4) is 17.0 Å². The lowest BCUT2D eigenvalue weighted by atomic mass is 10.1. The Labute approximate surface area is 167 Å². The average molecular weight is 414 g/mol. The normalized spacial score (nSPS) is 11.5. The number of nitrogens with one attached hydrogen (secondary N) is 1. The largest absolute Gasteiger partial charge is 0.573 e. The monoisotopic (exact) mass is 414 g/mol. The molecule has 0 unspecified atom stereocenters. The van der Waals surface area contributed by atoms with Gasteiger partial charge in [0.1, 0.15) is 11.3 Å². The highest BCUT2D eigenvalue weighted by Gasteiger charge is 2.32. The maximum absolute atomic E-state index is 12.7. The molecule has 3 heterocycles. The molecule has 0 atom stereocenters. The first-order valence-electron chi connectivity index (χ1n) is 8.60. The van der Waals surface area contributed by atoms with Crippen LogP contribution in [0.1, 0.15) is 16.1 Å². The summed E-state index contributed by atoms with van der Waals surface area (Å²) in [4.78, 5) is 25.1. The van der Waals surface area contributed by atoms with Crippen LogP contribution in [0.2, 0.25) is 0 Å². The van der Waals surface area contributed by atoms with Crippen molar-refractivity contribution in [2.45, 2.75) is 13.3 Å². The number of hydrogen-bond acceptors (Lipinski definition) is 6. The van der Waals surface area contributed by atoms with Crippen molar-refractivity contribution in [3.05, 3.63) is 66.4 Å². The molecule has 0 radical (unpaired) electrons. The maximum atomic E-state index is 12.7. The van der Waals surface area contributed by atoms with E-state index in [-0.39, 0.29) is 28.3 Å². The molecule has 0 bridgehead atoms. The SMILES string of the molecule is Cc1cncc(NC(=O)c2cnn3ccc(-c4ccccc4OC(F)(F)F)nc23)n1. The van der Waals surface area contributed by atoms with Crippen LogP contribution in [0.4, 0.5) is 19.0 Å². The Bertz CT molecular complexity index is 1240. The van der Waals surface area contributed by atoms with Crippen LogP contribution in [0.3, 0.4) is 0 Å². The molecule has 8 nitrogen and oxygen atoms in total. The fourth-order valence-corrected chi connectivity index (χ4v) is 2.78. The van der Waals surface area contributed by atoms with Gasteiger partial charge in [0.15, 0.2) is 11.5 Å². The van der Waals surface area contributed by atoms with Crippen molar-refractivity contribution in [1.29, 1.82) is 0 Å². The third kappa shape index (κ3) is 4.04. The number of anilines is 1. The quantitative estimate of drug-likeness (QED) is 0.548. The Balaban J connectivity index is 1.71. The zero-order chi connectivity index (χ0) is 21.3. The Morgan fingerprint density at radius 2 is 1.90 bits per heavy atom. The molecule has 30 heavy (non-hydrogen) atoms. The van der Waals surface area contributed by atoms with E-state index < -0.39 is 18.0 Å². The smallest absolute Gasteiger partial charge is 0.405 e. The lowest BCUT2D eigenvalue weighted by molar-refractivity contribution is -0.274. The van der Waals surface area contributed by atoms with Gasteiger partial charge in [0.05, 0.1) is 23.8 Å². The van der Waals surface area contributed by atoms with Crippen LogP contribution < -0.4 is 10.1 Å². The number of ether oxygens (including phenoxy) is 1. The molecule has 11 heteroatoms. The summed E-state index contributed by atoms with van der Waals surface area (Å²) in [5.74, 6) is -0.684. The summed E-state index contributed by atoms with van der Waals surface area (Å²) in [5.41, 5.74) is 1.21. The summed E-state index contributed by atoms with van der Waals surface area (Å²) in [7, 11) is 0. The molecular weight excluding hydrogens is 401 g/mol. The summed E-state index contributed by atoms with van der Waals surface area (Å²) in [6.45, 7) is 1.73. The second kappa shape index (κ2) is 7.43. The highest BCUT2D eigenvalue weighted by atomic mass is 19.4. The van der Waals surface area contributed by atoms with E-state index in [4.69, 9.17) is 0 Å². The zero-order valence-electron chi connectivity index (χ0n) is 15.4. The van der Waals surface area contributed by atoms with Crippen LogP contribution in [0.5, 0.6) is 5.75 Å². The van der Waals surface area contributed by atoms with Gasteiger partial charge in [-0.2, -0.15) is 5.10 Å². The van der Waals surface area contributed by atoms with Crippen LogP contribution >= 0.6 is 0 Å². The fourth-order valence-electron chi connectivity index (χ4n) is 2.78. The molecule has 1 amide bonds. The number of carbonyl (C=O) groups is 1. The van der Waals surface area contributed by atoms with Crippen molar-refractivity contribution in [2.75, 3.05) is 5.32 Å². The molecule has 4 rings (SSSR count). The number of fused-ring (bicyclic) bond motifs is 1. The Morgan fingerprint density at radius 1 is 1.10 bits per heavy atom. The average Bonchev–Trinajstić information content (AvgIpc) is 3.10. The summed E-state index contributed by atoms with van der Waals surface area (Å²) < 4.78 is 43.6. The number of aromatic nitrogens is 5. The third-order valence-electron chi connectivity index (χ3n) is 4.00. The number of aryl methyl sites for hydroxylation is 1. The molecule has 3 aromatic heterocycles. The summed E-state index contributed by atoms with van der Waals surface area (Å²) >= 11 is 0. The Morgan fingerprint density at radius 3 is 2.67 bits per heavy atom. The topological polar surface area (TPSA) is 94.3 Å². The van der Waals surface area contributed by atoms with E-state index >= 15 is 0 Å². The number of alkyl halides is 3. The van der Waals surface area contributed by atoms with E-state index in [1.165, 1.54) is 47.4 Å². The minimum Gasteiger partial charge on any atom is -0.405 e. The second-order valence-electron chi connectivity index (χ2n) is 6.18. The summed E-state index contributed by atoms with van der Waals surface area (Å²) in [5, 5.41) is 6.66. The number of rotatable bonds is 4. The number of para-hydroxylation sites is 1. The van der Waals surface area contributed by atoms with E-state index in [1.54, 1.807) is 19.2 Å². The van der Waals surface area contributed by atoms with E-state index in [0.717, 1.165) is 0 Å². The van der Waals surface area contributed by atoms with E-state index in [9.17, 15) is 18.0 Å². The highest BCUT2D eigenvalue weighted by Crippen LogP contribution is 2.33. The van der Waals surface area contributed by atoms with Gasteiger partial charge in [-0.15, -0.1) is 13.2 Å². The number of amides is 1. The Kier molecular flexibility index (Phi) is 4.78. The molecule has 0 aliphatic heterocycles. The minimum absolute atomic E-state index is 0.120. The first-order chi connectivity index (χ1) is 14.3. The van der Waals surface area contributed by atoms with Crippen molar-refractivity contribution in [2.24, 2.45) is 0 Å². The molecule has 152 valence electrons. The van der Waals surface area contributed by atoms with Gasteiger partial charge < -0.3 is 10.1 Å². The molecule has 1 aromatic carbocycles. The van der Waals surface area contributed by atoms with Gasteiger partial charge in [0, 0.05) is 18.0 Å². The van der Waals surface area contributed by atoms with Crippen LogP contribution in [-0.4, -0.2) is 36.8 Å². The van der Waals surface area contributed by atoms with E-state index in [1.807, 2.05) is 0 Å². The number of halogens is 3. The van der Waals surface area contributed by atoms with Gasteiger partial charge in [0.2, 0.25) is 0 Å². The van der Waals surface area contributed by atoms with Crippen LogP contribution in [0, 0.1) is 6.92 Å². The van der Waals surface area contributed by atoms with Gasteiger partial charge in [0.25, 0.3) is 5.91 Å². The summed E-state index contributed by atoms with van der Waals surface area (Å²) in [6.07, 6.45) is 0.879. The molecule has 0 fully saturated rings. The van der Waals surface area contributed by atoms with Crippen LogP contribution in [-0.2, 0) is 0 Å². The van der Waals surface area contributed by atoms with Gasteiger partial charge in [-0.05, 0) is 25.1 Å². The first kappa shape index (κ1) is 19.3. The second-order valence-corrected chi connectivity index (χ2v) is 6.18. The number of carbonyl (C=O) groups excluding carboxylic acids is 1. The van der Waals surface area contributed by atoms with Gasteiger partial charge in [-0.25, -0.2) is 14.5 Å². The van der Waals surface area contributed by atoms with E-state index in [0.29, 0.717) is 5.69 Å². The molecule has 0 spiro atoms. The molecule has 0 aliphatic carbocycles. The van der Waals surface area contributed by atoms with Crippen molar-refractivity contribution in [1.82, 2.24) is 24.6 Å². The first-order valence-corrected chi connectivity index (χ1v) is 8.60. The zero-order valence-corrected chi connectivity index (χ0v) is 15.4. The molecule has 0 saturated heterocycles. The standard InChI is InChI=1S/C19H13F3N6O2/c1-11-8-23-10-16(25-11)27-18(29)13-9-24-28-7-6-14(26-17(13)28)12-4-2-3-5-15(12)30-19(20,21)22/h2-10H,1H3,(H,25,27,29).